The summed E-state index contributed by atoms with van der Waals surface area (Å²) >= 11 is 0. The van der Waals surface area contributed by atoms with Gasteiger partial charge < -0.3 is 14.9 Å². The third-order valence-electron chi connectivity index (χ3n) is 5.10. The molecule has 1 aliphatic rings. The van der Waals surface area contributed by atoms with Crippen molar-refractivity contribution in [1.82, 2.24) is 0 Å². The summed E-state index contributed by atoms with van der Waals surface area (Å²) in [5.41, 5.74) is -0.955. The minimum atomic E-state index is -0.955. The first-order valence-electron chi connectivity index (χ1n) is 10.2. The maximum Gasteiger partial charge on any atom is 0.308 e. The molecule has 0 aromatic heterocycles. The fraction of sp³-hybridized carbons (Fsp3) is 0.857. The van der Waals surface area contributed by atoms with Crippen molar-refractivity contribution in [3.8, 4) is 0 Å². The number of aliphatic hydroxyl groups excluding tert-OH is 1. The normalized spacial score (nSPS) is 25.2. The smallest absolute Gasteiger partial charge is 0.308 e. The molecule has 0 aliphatic heterocycles. The number of rotatable bonds is 12. The van der Waals surface area contributed by atoms with Crippen LogP contribution in [-0.4, -0.2) is 34.5 Å². The Balaban J connectivity index is 2.30. The molecule has 1 aliphatic carbocycles. The molecule has 0 heterocycles. The molecule has 25 heavy (non-hydrogen) atoms. The second-order valence-electron chi connectivity index (χ2n) is 7.57. The summed E-state index contributed by atoms with van der Waals surface area (Å²) in [6, 6.07) is 0. The number of carbonyl (C=O) groups excluding carboxylic acids is 1. The van der Waals surface area contributed by atoms with Gasteiger partial charge in [0, 0.05) is 0 Å². The number of ether oxygens (including phenoxy) is 1. The van der Waals surface area contributed by atoms with Crippen molar-refractivity contribution >= 4 is 5.97 Å². The fourth-order valence-electron chi connectivity index (χ4n) is 3.71. The molecule has 0 bridgehead atoms. The third-order valence-corrected chi connectivity index (χ3v) is 5.10. The first kappa shape index (κ1) is 22.2. The molecule has 2 N–H and O–H groups in total. The molecule has 0 aromatic rings. The van der Waals surface area contributed by atoms with Gasteiger partial charge in [0.25, 0.3) is 0 Å². The van der Waals surface area contributed by atoms with Crippen LogP contribution in [0.4, 0.5) is 0 Å². The SMILES string of the molecule is CCCCCCCCC(O)/C=C/[C@H]1CCC[C@@](O)(CC(=O)OCC)C1. The van der Waals surface area contributed by atoms with E-state index >= 15 is 0 Å². The lowest BCUT2D eigenvalue weighted by Gasteiger charge is -2.35. The predicted molar refractivity (Wildman–Crippen MR) is 101 cm³/mol. The lowest BCUT2D eigenvalue weighted by Crippen LogP contribution is -2.37. The molecule has 0 spiro atoms. The van der Waals surface area contributed by atoms with E-state index in [1.54, 1.807) is 6.92 Å². The summed E-state index contributed by atoms with van der Waals surface area (Å²) in [5, 5.41) is 20.8. The largest absolute Gasteiger partial charge is 0.466 e. The van der Waals surface area contributed by atoms with Crippen LogP contribution in [0.5, 0.6) is 0 Å². The molecule has 0 amide bonds. The van der Waals surface area contributed by atoms with E-state index in [1.807, 2.05) is 12.2 Å². The van der Waals surface area contributed by atoms with E-state index in [1.165, 1.54) is 32.1 Å². The maximum absolute atomic E-state index is 11.7. The summed E-state index contributed by atoms with van der Waals surface area (Å²) in [6.45, 7) is 4.34. The van der Waals surface area contributed by atoms with Crippen LogP contribution in [0.3, 0.4) is 0 Å². The van der Waals surface area contributed by atoms with Gasteiger partial charge in [-0.1, -0.05) is 57.6 Å². The van der Waals surface area contributed by atoms with E-state index in [-0.39, 0.29) is 18.3 Å². The van der Waals surface area contributed by atoms with Crippen molar-refractivity contribution in [1.29, 1.82) is 0 Å². The second kappa shape index (κ2) is 12.5. The number of allylic oxidation sites excluding steroid dienone is 1. The summed E-state index contributed by atoms with van der Waals surface area (Å²) in [6.07, 6.45) is 14.9. The first-order valence-corrected chi connectivity index (χ1v) is 10.2. The molecule has 1 saturated carbocycles. The average Bonchev–Trinajstić information content (AvgIpc) is 2.56. The maximum atomic E-state index is 11.7. The van der Waals surface area contributed by atoms with Crippen LogP contribution in [-0.2, 0) is 9.53 Å². The van der Waals surface area contributed by atoms with Crippen molar-refractivity contribution in [3.05, 3.63) is 12.2 Å². The summed E-state index contributed by atoms with van der Waals surface area (Å²) < 4.78 is 4.97. The van der Waals surface area contributed by atoms with E-state index < -0.39 is 11.7 Å². The van der Waals surface area contributed by atoms with Crippen LogP contribution in [0.25, 0.3) is 0 Å². The van der Waals surface area contributed by atoms with Gasteiger partial charge >= 0.3 is 5.97 Å². The lowest BCUT2D eigenvalue weighted by molar-refractivity contribution is -0.150. The lowest BCUT2D eigenvalue weighted by atomic mass is 9.76. The molecular weight excluding hydrogens is 316 g/mol. The zero-order chi connectivity index (χ0) is 18.5. The predicted octanol–water partition coefficient (Wildman–Crippen LogP) is 4.53. The number of carbonyl (C=O) groups is 1. The molecule has 0 radical (unpaired) electrons. The molecule has 1 fully saturated rings. The van der Waals surface area contributed by atoms with Crippen molar-refractivity contribution in [2.24, 2.45) is 5.92 Å². The number of aliphatic hydroxyl groups is 2. The quantitative estimate of drug-likeness (QED) is 0.307. The first-order chi connectivity index (χ1) is 12.0. The Hall–Kier alpha value is -0.870. The van der Waals surface area contributed by atoms with Gasteiger partial charge in [-0.25, -0.2) is 0 Å². The summed E-state index contributed by atoms with van der Waals surface area (Å²) in [4.78, 5) is 11.7. The standard InChI is InChI=1S/C21H38O4/c1-3-5-6-7-8-9-12-19(22)14-13-18-11-10-15-21(24,16-18)17-20(23)25-4-2/h13-14,18-19,22,24H,3-12,15-17H2,1-2H3/b14-13+/t18-,19?,21+/m1/s1. The molecule has 4 nitrogen and oxygen atoms in total. The number of esters is 1. The topological polar surface area (TPSA) is 66.8 Å². The molecule has 0 aromatic carbocycles. The summed E-state index contributed by atoms with van der Waals surface area (Å²) in [5.74, 6) is -0.0925. The Morgan fingerprint density at radius 3 is 2.68 bits per heavy atom. The van der Waals surface area contributed by atoms with Gasteiger partial charge in [-0.2, -0.15) is 0 Å². The molecule has 1 rings (SSSR count). The van der Waals surface area contributed by atoms with E-state index in [0.29, 0.717) is 19.4 Å². The van der Waals surface area contributed by atoms with Gasteiger partial charge in [0.15, 0.2) is 0 Å². The van der Waals surface area contributed by atoms with E-state index in [9.17, 15) is 15.0 Å². The van der Waals surface area contributed by atoms with Crippen molar-refractivity contribution in [3.63, 3.8) is 0 Å². The Morgan fingerprint density at radius 2 is 1.96 bits per heavy atom. The van der Waals surface area contributed by atoms with Crippen molar-refractivity contribution in [2.75, 3.05) is 6.61 Å². The highest BCUT2D eigenvalue weighted by Gasteiger charge is 2.35. The van der Waals surface area contributed by atoms with Gasteiger partial charge in [-0.05, 0) is 44.9 Å². The molecule has 1 unspecified atom stereocenters. The van der Waals surface area contributed by atoms with E-state index in [2.05, 4.69) is 6.92 Å². The molecule has 3 atom stereocenters. The number of hydrogen-bond acceptors (Lipinski definition) is 4. The van der Waals surface area contributed by atoms with Gasteiger partial charge in [0.05, 0.1) is 24.7 Å². The van der Waals surface area contributed by atoms with Gasteiger partial charge in [0.2, 0.25) is 0 Å². The van der Waals surface area contributed by atoms with Crippen LogP contribution in [0, 0.1) is 5.92 Å². The van der Waals surface area contributed by atoms with Crippen LogP contribution in [0.15, 0.2) is 12.2 Å². The highest BCUT2D eigenvalue weighted by molar-refractivity contribution is 5.70. The van der Waals surface area contributed by atoms with Crippen LogP contribution in [0.2, 0.25) is 0 Å². The Morgan fingerprint density at radius 1 is 1.24 bits per heavy atom. The zero-order valence-corrected chi connectivity index (χ0v) is 16.2. The molecular formula is C21H38O4. The minimum Gasteiger partial charge on any atom is -0.466 e. The second-order valence-corrected chi connectivity index (χ2v) is 7.57. The van der Waals surface area contributed by atoms with E-state index in [4.69, 9.17) is 4.74 Å². The number of hydrogen-bond donors (Lipinski definition) is 2. The van der Waals surface area contributed by atoms with Gasteiger partial charge in [-0.15, -0.1) is 0 Å². The monoisotopic (exact) mass is 354 g/mol. The van der Waals surface area contributed by atoms with Crippen LogP contribution in [0.1, 0.15) is 90.9 Å². The van der Waals surface area contributed by atoms with Crippen molar-refractivity contribution < 1.29 is 19.7 Å². The average molecular weight is 355 g/mol. The Labute approximate surface area is 153 Å². The van der Waals surface area contributed by atoms with Crippen LogP contribution >= 0.6 is 0 Å². The zero-order valence-electron chi connectivity index (χ0n) is 16.2. The van der Waals surface area contributed by atoms with Gasteiger partial charge in [-0.3, -0.25) is 4.79 Å². The van der Waals surface area contributed by atoms with Crippen molar-refractivity contribution in [2.45, 2.75) is 103 Å². The number of unbranched alkanes of at least 4 members (excludes halogenated alkanes) is 5. The molecule has 4 heteroatoms. The minimum absolute atomic E-state index is 0.0749. The third kappa shape index (κ3) is 10.0. The van der Waals surface area contributed by atoms with Gasteiger partial charge in [0.1, 0.15) is 0 Å². The highest BCUT2D eigenvalue weighted by atomic mass is 16.5. The summed E-state index contributed by atoms with van der Waals surface area (Å²) in [7, 11) is 0. The highest BCUT2D eigenvalue weighted by Crippen LogP contribution is 2.35. The fourth-order valence-corrected chi connectivity index (χ4v) is 3.71. The Bertz CT molecular complexity index is 393. The Kier molecular flexibility index (Phi) is 11.1. The van der Waals surface area contributed by atoms with E-state index in [0.717, 1.165) is 25.7 Å². The molecule has 146 valence electrons. The van der Waals surface area contributed by atoms with Crippen LogP contribution < -0.4 is 0 Å². The molecule has 0 saturated heterocycles.